The topological polar surface area (TPSA) is 99.5 Å². The second kappa shape index (κ2) is 8.48. The van der Waals surface area contributed by atoms with Gasteiger partial charge in [0, 0.05) is 0 Å². The number of aryl methyl sites for hydroxylation is 1. The molecule has 1 N–H and O–H groups in total. The number of anilines is 1. The second-order valence-electron chi connectivity index (χ2n) is 6.94. The summed E-state index contributed by atoms with van der Waals surface area (Å²) in [4.78, 5) is 45.4. The van der Waals surface area contributed by atoms with Crippen LogP contribution in [0.5, 0.6) is 0 Å². The molecule has 1 aromatic carbocycles. The van der Waals surface area contributed by atoms with Crippen LogP contribution in [0.2, 0.25) is 0 Å². The van der Waals surface area contributed by atoms with E-state index >= 15 is 0 Å². The molecule has 0 aliphatic carbocycles. The summed E-state index contributed by atoms with van der Waals surface area (Å²) in [5.74, 6) is -0.778. The smallest absolute Gasteiger partial charge is 0.336 e. The first-order valence-electron chi connectivity index (χ1n) is 8.43. The van der Waals surface area contributed by atoms with E-state index in [2.05, 4.69) is 10.5 Å². The Labute approximate surface area is 157 Å². The minimum atomic E-state index is -0.662. The monoisotopic (exact) mass is 373 g/mol. The number of esters is 1. The molecule has 0 atom stereocenters. The van der Waals surface area contributed by atoms with Crippen LogP contribution in [-0.4, -0.2) is 27.1 Å². The van der Waals surface area contributed by atoms with Gasteiger partial charge < -0.3 is 9.57 Å². The van der Waals surface area contributed by atoms with Crippen LogP contribution in [-0.2, 0) is 32.1 Å². The number of nitrogens with zero attached hydrogens (tertiary/aromatic N) is 2. The Hall–Kier alpha value is -3.16. The molecular formula is C19H23N3O5. The van der Waals surface area contributed by atoms with Crippen molar-refractivity contribution in [3.05, 3.63) is 58.3 Å². The second-order valence-corrected chi connectivity index (χ2v) is 6.94. The lowest BCUT2D eigenvalue weighted by Gasteiger charge is -2.20. The van der Waals surface area contributed by atoms with Gasteiger partial charge in [0.1, 0.15) is 18.0 Å². The number of rotatable bonds is 6. The van der Waals surface area contributed by atoms with Crippen LogP contribution < -0.4 is 11.0 Å². The van der Waals surface area contributed by atoms with Gasteiger partial charge in [-0.3, -0.25) is 14.2 Å². The lowest BCUT2D eigenvalue weighted by atomic mass is 10.2. The van der Waals surface area contributed by atoms with E-state index in [4.69, 9.17) is 9.57 Å². The number of nitrogens with one attached hydrogen (secondary N) is 1. The number of carbonyl (C=O) groups excluding carboxylic acids is 2. The molecule has 0 aliphatic rings. The van der Waals surface area contributed by atoms with Crippen molar-refractivity contribution in [2.75, 3.05) is 5.48 Å². The van der Waals surface area contributed by atoms with Crippen molar-refractivity contribution in [1.29, 1.82) is 0 Å². The van der Waals surface area contributed by atoms with Gasteiger partial charge in [-0.25, -0.2) is 15.3 Å². The van der Waals surface area contributed by atoms with Gasteiger partial charge in [-0.05, 0) is 33.3 Å². The summed E-state index contributed by atoms with van der Waals surface area (Å²) in [6, 6.07) is 9.06. The van der Waals surface area contributed by atoms with Gasteiger partial charge in [0.15, 0.2) is 5.69 Å². The molecule has 2 aromatic rings. The summed E-state index contributed by atoms with van der Waals surface area (Å²) < 4.78 is 6.38. The van der Waals surface area contributed by atoms with Crippen molar-refractivity contribution in [2.24, 2.45) is 0 Å². The molecule has 0 unspecified atom stereocenters. The molecule has 27 heavy (non-hydrogen) atoms. The Morgan fingerprint density at radius 1 is 1.15 bits per heavy atom. The third kappa shape index (κ3) is 6.25. The lowest BCUT2D eigenvalue weighted by Crippen LogP contribution is -2.33. The molecule has 144 valence electrons. The molecule has 0 spiro atoms. The third-order valence-electron chi connectivity index (χ3n) is 3.42. The average molecular weight is 373 g/mol. The van der Waals surface area contributed by atoms with Gasteiger partial charge in [0.25, 0.3) is 5.56 Å². The fourth-order valence-corrected chi connectivity index (χ4v) is 2.24. The Morgan fingerprint density at radius 3 is 2.44 bits per heavy atom. The predicted molar refractivity (Wildman–Crippen MR) is 98.9 cm³/mol. The molecule has 0 fully saturated rings. The maximum absolute atomic E-state index is 12.5. The van der Waals surface area contributed by atoms with Gasteiger partial charge in [0.05, 0.1) is 12.6 Å². The molecule has 2 rings (SSSR count). The molecule has 8 nitrogen and oxygen atoms in total. The fourth-order valence-electron chi connectivity index (χ4n) is 2.24. The number of benzene rings is 1. The highest BCUT2D eigenvalue weighted by Crippen LogP contribution is 2.08. The van der Waals surface area contributed by atoms with Crippen LogP contribution in [0.3, 0.4) is 0 Å². The average Bonchev–Trinajstić information content (AvgIpc) is 2.57. The highest BCUT2D eigenvalue weighted by molar-refractivity contribution is 5.73. The maximum atomic E-state index is 12.5. The van der Waals surface area contributed by atoms with Crippen molar-refractivity contribution in [3.8, 4) is 0 Å². The minimum absolute atomic E-state index is 0.0504. The van der Waals surface area contributed by atoms with Crippen LogP contribution in [0.4, 0.5) is 5.69 Å². The van der Waals surface area contributed by atoms with E-state index in [0.29, 0.717) is 5.82 Å². The number of carbonyl (C=O) groups is 2. The van der Waals surface area contributed by atoms with Crippen LogP contribution in [0.15, 0.2) is 41.3 Å². The number of aromatic nitrogens is 2. The lowest BCUT2D eigenvalue weighted by molar-refractivity contribution is -0.155. The summed E-state index contributed by atoms with van der Waals surface area (Å²) in [5.41, 5.74) is 1.86. The largest absolute Gasteiger partial charge is 0.459 e. The normalized spacial score (nSPS) is 11.0. The van der Waals surface area contributed by atoms with Gasteiger partial charge >= 0.3 is 11.9 Å². The highest BCUT2D eigenvalue weighted by Gasteiger charge is 2.19. The summed E-state index contributed by atoms with van der Waals surface area (Å²) in [5, 5.41) is 0. The van der Waals surface area contributed by atoms with Crippen molar-refractivity contribution < 1.29 is 19.2 Å². The van der Waals surface area contributed by atoms with E-state index in [1.807, 2.05) is 18.2 Å². The van der Waals surface area contributed by atoms with Gasteiger partial charge in [-0.15, -0.1) is 0 Å². The van der Waals surface area contributed by atoms with Crippen molar-refractivity contribution >= 4 is 17.6 Å². The fraction of sp³-hybridized carbons (Fsp3) is 0.368. The van der Waals surface area contributed by atoms with Crippen molar-refractivity contribution in [3.63, 3.8) is 0 Å². The predicted octanol–water partition coefficient (Wildman–Crippen LogP) is 2.01. The summed E-state index contributed by atoms with van der Waals surface area (Å²) in [7, 11) is 0. The van der Waals surface area contributed by atoms with Gasteiger partial charge in [0.2, 0.25) is 0 Å². The van der Waals surface area contributed by atoms with Gasteiger partial charge in [-0.1, -0.05) is 30.3 Å². The van der Waals surface area contributed by atoms with Crippen LogP contribution in [0.1, 0.15) is 32.2 Å². The Bertz CT molecular complexity index is 869. The third-order valence-corrected chi connectivity index (χ3v) is 3.42. The Morgan fingerprint density at radius 2 is 1.81 bits per heavy atom. The summed E-state index contributed by atoms with van der Waals surface area (Å²) >= 11 is 0. The molecular weight excluding hydrogens is 350 g/mol. The van der Waals surface area contributed by atoms with Crippen LogP contribution >= 0.6 is 0 Å². The molecule has 1 heterocycles. The molecule has 8 heteroatoms. The van der Waals surface area contributed by atoms with E-state index in [9.17, 15) is 14.4 Å². The highest BCUT2D eigenvalue weighted by atomic mass is 16.7. The van der Waals surface area contributed by atoms with Crippen LogP contribution in [0, 0.1) is 6.92 Å². The SMILES string of the molecule is Cc1ncc(NOC(=O)Cc2ccccc2)c(=O)n1CC(=O)OC(C)(C)C. The van der Waals surface area contributed by atoms with E-state index in [1.54, 1.807) is 39.8 Å². The molecule has 0 saturated heterocycles. The first-order valence-corrected chi connectivity index (χ1v) is 8.43. The standard InChI is InChI=1S/C19H23N3O5/c1-13-20-11-15(18(25)22(13)12-17(24)26-19(2,3)4)21-27-16(23)10-14-8-6-5-7-9-14/h5-9,11,21H,10,12H2,1-4H3. The Balaban J connectivity index is 2.04. The zero-order chi connectivity index (χ0) is 20.0. The minimum Gasteiger partial charge on any atom is -0.459 e. The molecule has 1 aromatic heterocycles. The zero-order valence-electron chi connectivity index (χ0n) is 15.8. The first kappa shape index (κ1) is 20.2. The van der Waals surface area contributed by atoms with E-state index in [0.717, 1.165) is 10.1 Å². The van der Waals surface area contributed by atoms with Crippen LogP contribution in [0.25, 0.3) is 0 Å². The number of hydrogen-bond acceptors (Lipinski definition) is 7. The van der Waals surface area contributed by atoms with Gasteiger partial charge in [-0.2, -0.15) is 0 Å². The molecule has 0 bridgehead atoms. The van der Waals surface area contributed by atoms with Crippen molar-refractivity contribution in [1.82, 2.24) is 9.55 Å². The number of ether oxygens (including phenoxy) is 1. The maximum Gasteiger partial charge on any atom is 0.336 e. The molecule has 0 radical (unpaired) electrons. The van der Waals surface area contributed by atoms with E-state index in [-0.39, 0.29) is 18.7 Å². The quantitative estimate of drug-likeness (QED) is 0.611. The molecule has 0 amide bonds. The molecule has 0 saturated carbocycles. The molecule has 0 aliphatic heterocycles. The first-order chi connectivity index (χ1) is 12.7. The van der Waals surface area contributed by atoms with E-state index < -0.39 is 23.1 Å². The van der Waals surface area contributed by atoms with Crippen molar-refractivity contribution in [2.45, 2.75) is 46.3 Å². The zero-order valence-corrected chi connectivity index (χ0v) is 15.8. The summed E-state index contributed by atoms with van der Waals surface area (Å²) in [6.07, 6.45) is 1.30. The Kier molecular flexibility index (Phi) is 6.33. The van der Waals surface area contributed by atoms with E-state index in [1.165, 1.54) is 6.20 Å². The number of hydrogen-bond donors (Lipinski definition) is 1. The summed E-state index contributed by atoms with van der Waals surface area (Å²) in [6.45, 7) is 6.52.